The summed E-state index contributed by atoms with van der Waals surface area (Å²) in [6, 6.07) is 18.1. The first-order valence-corrected chi connectivity index (χ1v) is 9.84. The fourth-order valence-electron chi connectivity index (χ4n) is 3.38. The van der Waals surface area contributed by atoms with Crippen LogP contribution in [0.2, 0.25) is 0 Å². The summed E-state index contributed by atoms with van der Waals surface area (Å²) >= 11 is 0. The smallest absolute Gasteiger partial charge is 0.149 e. The number of carbonyl (C=O) groups is 1. The molecule has 1 atom stereocenters. The molecule has 0 bridgehead atoms. The largest absolute Gasteiger partial charge is 0.460 e. The molecule has 2 aromatic heterocycles. The van der Waals surface area contributed by atoms with Crippen LogP contribution in [-0.2, 0) is 17.8 Å². The van der Waals surface area contributed by atoms with Crippen LogP contribution in [0.3, 0.4) is 0 Å². The van der Waals surface area contributed by atoms with Crippen molar-refractivity contribution in [2.45, 2.75) is 46.2 Å². The molecule has 4 rings (SSSR count). The summed E-state index contributed by atoms with van der Waals surface area (Å²) in [5.41, 5.74) is 2.43. The number of fused-ring (bicyclic) bond motifs is 2. The number of hydrogen-bond acceptors (Lipinski definition) is 3. The van der Waals surface area contributed by atoms with Gasteiger partial charge in [-0.2, -0.15) is 0 Å². The first-order valence-electron chi connectivity index (χ1n) is 9.84. The molecular weight excluding hydrogens is 348 g/mol. The van der Waals surface area contributed by atoms with Crippen molar-refractivity contribution in [3.8, 4) is 0 Å². The summed E-state index contributed by atoms with van der Waals surface area (Å²) in [7, 11) is 0. The molecular formula is C24H28N2O2. The normalized spacial score (nSPS) is 13.1. The van der Waals surface area contributed by atoms with Gasteiger partial charge in [0.15, 0.2) is 0 Å². The van der Waals surface area contributed by atoms with Crippen molar-refractivity contribution < 1.29 is 9.21 Å². The summed E-state index contributed by atoms with van der Waals surface area (Å²) in [6.07, 6.45) is 2.61. The highest BCUT2D eigenvalue weighted by atomic mass is 16.3. The van der Waals surface area contributed by atoms with Gasteiger partial charge in [-0.25, -0.2) is 0 Å². The van der Waals surface area contributed by atoms with Crippen molar-refractivity contribution >= 4 is 27.7 Å². The maximum Gasteiger partial charge on any atom is 0.149 e. The highest BCUT2D eigenvalue weighted by molar-refractivity contribution is 5.88. The molecule has 28 heavy (non-hydrogen) atoms. The number of para-hydroxylation sites is 2. The van der Waals surface area contributed by atoms with E-state index in [1.165, 1.54) is 0 Å². The molecule has 0 saturated carbocycles. The third kappa shape index (κ3) is 4.02. The van der Waals surface area contributed by atoms with E-state index >= 15 is 0 Å². The zero-order valence-corrected chi connectivity index (χ0v) is 17.0. The number of ketones is 1. The van der Waals surface area contributed by atoms with E-state index in [0.717, 1.165) is 33.2 Å². The Morgan fingerprint density at radius 1 is 1.11 bits per heavy atom. The van der Waals surface area contributed by atoms with Crippen LogP contribution in [0.15, 0.2) is 65.2 Å². The van der Waals surface area contributed by atoms with Gasteiger partial charge in [0.25, 0.3) is 0 Å². The predicted octanol–water partition coefficient (Wildman–Crippen LogP) is 5.62. The number of H-pyrrole nitrogens is 1. The second kappa shape index (κ2) is 8.44. The van der Waals surface area contributed by atoms with Crippen LogP contribution in [-0.4, -0.2) is 16.3 Å². The van der Waals surface area contributed by atoms with Crippen LogP contribution < -0.4 is 5.32 Å². The molecule has 0 radical (unpaired) electrons. The molecule has 0 aliphatic rings. The molecule has 4 nitrogen and oxygen atoms in total. The molecule has 1 unspecified atom stereocenters. The van der Waals surface area contributed by atoms with Crippen LogP contribution in [0.25, 0.3) is 21.9 Å². The van der Waals surface area contributed by atoms with Crippen LogP contribution in [0, 0.1) is 0 Å². The molecule has 2 N–H and O–H groups in total. The fourth-order valence-corrected chi connectivity index (χ4v) is 3.38. The Labute approximate surface area is 165 Å². The van der Waals surface area contributed by atoms with E-state index in [0.29, 0.717) is 13.0 Å². The van der Waals surface area contributed by atoms with Gasteiger partial charge in [0.1, 0.15) is 17.1 Å². The van der Waals surface area contributed by atoms with Gasteiger partial charge < -0.3 is 9.40 Å². The van der Waals surface area contributed by atoms with Crippen LogP contribution in [0.1, 0.15) is 39.0 Å². The number of aromatic nitrogens is 1. The zero-order chi connectivity index (χ0) is 20.1. The first-order chi connectivity index (χ1) is 13.5. The fraction of sp³-hybridized carbons (Fsp3) is 0.292. The minimum absolute atomic E-state index is 0.110. The standard InChI is InChI=1S/C22H22N2O2.C2H6/c1-15(25)22(2,12-17-13-23-20-9-5-4-8-19(17)20)24-14-18-11-16-7-3-6-10-21(16)26-18;1-2/h3-11,13,23-24H,12,14H2,1-2H3;1-2H3. The van der Waals surface area contributed by atoms with Crippen LogP contribution >= 0.6 is 0 Å². The summed E-state index contributed by atoms with van der Waals surface area (Å²) in [5, 5.41) is 5.65. The SMILES string of the molecule is CC.CC(=O)C(C)(Cc1c[nH]c2ccccc12)NCc1cc2ccccc2o1. The van der Waals surface area contributed by atoms with Gasteiger partial charge in [-0.3, -0.25) is 10.1 Å². The average molecular weight is 377 g/mol. The molecule has 0 aliphatic heterocycles. The molecule has 146 valence electrons. The Morgan fingerprint density at radius 3 is 2.57 bits per heavy atom. The second-order valence-electron chi connectivity index (χ2n) is 7.03. The number of benzene rings is 2. The van der Waals surface area contributed by atoms with E-state index in [9.17, 15) is 4.79 Å². The molecule has 2 aromatic carbocycles. The molecule has 0 spiro atoms. The number of carbonyl (C=O) groups excluding carboxylic acids is 1. The van der Waals surface area contributed by atoms with E-state index in [1.54, 1.807) is 6.92 Å². The van der Waals surface area contributed by atoms with Crippen molar-refractivity contribution in [1.29, 1.82) is 0 Å². The first kappa shape index (κ1) is 19.9. The Morgan fingerprint density at radius 2 is 1.82 bits per heavy atom. The van der Waals surface area contributed by atoms with Gasteiger partial charge in [0, 0.05) is 22.5 Å². The highest BCUT2D eigenvalue weighted by Crippen LogP contribution is 2.24. The minimum Gasteiger partial charge on any atom is -0.460 e. The molecule has 4 aromatic rings. The third-order valence-electron chi connectivity index (χ3n) is 5.13. The molecule has 4 heteroatoms. The minimum atomic E-state index is -0.663. The van der Waals surface area contributed by atoms with Gasteiger partial charge >= 0.3 is 0 Å². The lowest BCUT2D eigenvalue weighted by molar-refractivity contribution is -0.122. The Hall–Kier alpha value is -2.85. The van der Waals surface area contributed by atoms with Crippen molar-refractivity contribution in [1.82, 2.24) is 10.3 Å². The predicted molar refractivity (Wildman–Crippen MR) is 115 cm³/mol. The Balaban J connectivity index is 0.00000109. The van der Waals surface area contributed by atoms with Crippen molar-refractivity contribution in [2.24, 2.45) is 0 Å². The molecule has 0 saturated heterocycles. The Bertz CT molecular complexity index is 1040. The number of furan rings is 1. The van der Waals surface area contributed by atoms with Crippen molar-refractivity contribution in [3.05, 3.63) is 72.1 Å². The molecule has 0 fully saturated rings. The summed E-state index contributed by atoms with van der Waals surface area (Å²) in [4.78, 5) is 15.7. The molecule has 2 heterocycles. The molecule has 0 aliphatic carbocycles. The number of nitrogens with one attached hydrogen (secondary N) is 2. The third-order valence-corrected chi connectivity index (χ3v) is 5.13. The van der Waals surface area contributed by atoms with Gasteiger partial charge in [-0.15, -0.1) is 0 Å². The monoisotopic (exact) mass is 376 g/mol. The maximum atomic E-state index is 12.4. The quantitative estimate of drug-likeness (QED) is 0.459. The number of Topliss-reactive ketones (excluding diaryl/α,β-unsaturated/α-hetero) is 1. The van der Waals surface area contributed by atoms with E-state index in [4.69, 9.17) is 4.42 Å². The van der Waals surface area contributed by atoms with Gasteiger partial charge in [0.05, 0.1) is 12.1 Å². The van der Waals surface area contributed by atoms with Crippen molar-refractivity contribution in [2.75, 3.05) is 0 Å². The summed E-state index contributed by atoms with van der Waals surface area (Å²) in [5.74, 6) is 0.941. The van der Waals surface area contributed by atoms with E-state index in [2.05, 4.69) is 16.4 Å². The highest BCUT2D eigenvalue weighted by Gasteiger charge is 2.30. The summed E-state index contributed by atoms with van der Waals surface area (Å²) < 4.78 is 5.87. The number of hydrogen-bond donors (Lipinski definition) is 2. The van der Waals surface area contributed by atoms with Crippen molar-refractivity contribution in [3.63, 3.8) is 0 Å². The molecule has 0 amide bonds. The lowest BCUT2D eigenvalue weighted by Gasteiger charge is -2.28. The van der Waals surface area contributed by atoms with Gasteiger partial charge in [0.2, 0.25) is 0 Å². The van der Waals surface area contributed by atoms with Crippen LogP contribution in [0.4, 0.5) is 0 Å². The lowest BCUT2D eigenvalue weighted by Crippen LogP contribution is -2.49. The average Bonchev–Trinajstić information content (AvgIpc) is 3.32. The van der Waals surface area contributed by atoms with Crippen LogP contribution in [0.5, 0.6) is 0 Å². The van der Waals surface area contributed by atoms with E-state index in [-0.39, 0.29) is 5.78 Å². The number of aromatic amines is 1. The van der Waals surface area contributed by atoms with E-state index < -0.39 is 5.54 Å². The zero-order valence-electron chi connectivity index (χ0n) is 17.0. The maximum absolute atomic E-state index is 12.4. The van der Waals surface area contributed by atoms with Gasteiger partial charge in [-0.1, -0.05) is 50.2 Å². The lowest BCUT2D eigenvalue weighted by atomic mass is 9.89. The topological polar surface area (TPSA) is 58.0 Å². The van der Waals surface area contributed by atoms with Gasteiger partial charge in [-0.05, 0) is 44.0 Å². The summed E-state index contributed by atoms with van der Waals surface area (Å²) in [6.45, 7) is 8.10. The number of rotatable bonds is 6. The Kier molecular flexibility index (Phi) is 6.00. The second-order valence-corrected chi connectivity index (χ2v) is 7.03. The van der Waals surface area contributed by atoms with E-state index in [1.807, 2.05) is 75.5 Å².